The van der Waals surface area contributed by atoms with Crippen LogP contribution in [0.2, 0.25) is 0 Å². The summed E-state index contributed by atoms with van der Waals surface area (Å²) in [4.78, 5) is 0. The van der Waals surface area contributed by atoms with Crippen LogP contribution in [0.25, 0.3) is 17.2 Å². The van der Waals surface area contributed by atoms with Crippen LogP contribution in [0.15, 0.2) is 103 Å². The number of benzene rings is 4. The molecule has 31 heavy (non-hydrogen) atoms. The Balaban J connectivity index is 1.69. The Morgan fingerprint density at radius 1 is 0.645 bits per heavy atom. The van der Waals surface area contributed by atoms with E-state index in [1.54, 1.807) is 12.1 Å². The number of hydrogen-bond donors (Lipinski definition) is 3. The standard InChI is InChI=1S/C28H23NO2/c30-25-15-6-4-12-22(25)23-13-8-11-21-17-18-28(29-27(21)23,19-20-9-2-1-3-10-20)24-14-5-7-16-26(24)31/h1-18,29-31H,19H2/t28-/m1/s1. The van der Waals surface area contributed by atoms with Crippen molar-refractivity contribution in [3.05, 3.63) is 120 Å². The van der Waals surface area contributed by atoms with Gasteiger partial charge in [-0.25, -0.2) is 0 Å². The van der Waals surface area contributed by atoms with Crippen LogP contribution >= 0.6 is 0 Å². The highest BCUT2D eigenvalue weighted by Gasteiger charge is 2.35. The Morgan fingerprint density at radius 3 is 2.10 bits per heavy atom. The van der Waals surface area contributed by atoms with Gasteiger partial charge in [0.05, 0.1) is 11.2 Å². The average Bonchev–Trinajstić information content (AvgIpc) is 2.80. The molecule has 0 amide bonds. The number of hydrogen-bond acceptors (Lipinski definition) is 3. The predicted molar refractivity (Wildman–Crippen MR) is 126 cm³/mol. The molecule has 0 saturated heterocycles. The number of rotatable bonds is 4. The molecule has 4 aromatic carbocycles. The molecule has 3 N–H and O–H groups in total. The van der Waals surface area contributed by atoms with Crippen molar-refractivity contribution in [3.63, 3.8) is 0 Å². The zero-order chi connectivity index (χ0) is 21.3. The lowest BCUT2D eigenvalue weighted by Gasteiger charge is -2.38. The molecule has 0 radical (unpaired) electrons. The first-order valence-electron chi connectivity index (χ1n) is 10.4. The molecule has 5 rings (SSSR count). The fraction of sp³-hybridized carbons (Fsp3) is 0.0714. The summed E-state index contributed by atoms with van der Waals surface area (Å²) in [6, 6.07) is 31.2. The molecule has 4 aromatic rings. The second-order valence-electron chi connectivity index (χ2n) is 7.90. The van der Waals surface area contributed by atoms with E-state index in [0.29, 0.717) is 6.42 Å². The largest absolute Gasteiger partial charge is 0.508 e. The topological polar surface area (TPSA) is 52.5 Å². The molecule has 152 valence electrons. The SMILES string of the molecule is Oc1ccccc1-c1cccc2c1N[C@](Cc1ccccc1)(c1ccccc1O)C=C2. The minimum absolute atomic E-state index is 0.239. The normalized spacial score (nSPS) is 17.0. The summed E-state index contributed by atoms with van der Waals surface area (Å²) in [6.45, 7) is 0. The average molecular weight is 405 g/mol. The van der Waals surface area contributed by atoms with Gasteiger partial charge in [-0.05, 0) is 23.3 Å². The van der Waals surface area contributed by atoms with Crippen LogP contribution in [0.1, 0.15) is 16.7 Å². The maximum absolute atomic E-state index is 10.8. The molecule has 3 heteroatoms. The number of phenols is 2. The monoisotopic (exact) mass is 405 g/mol. The highest BCUT2D eigenvalue weighted by molar-refractivity contribution is 5.89. The van der Waals surface area contributed by atoms with Crippen molar-refractivity contribution in [2.45, 2.75) is 12.0 Å². The third-order valence-corrected chi connectivity index (χ3v) is 5.90. The van der Waals surface area contributed by atoms with Crippen molar-refractivity contribution in [1.82, 2.24) is 0 Å². The first-order chi connectivity index (χ1) is 15.2. The Labute approximate surface area is 182 Å². The fourth-order valence-corrected chi connectivity index (χ4v) is 4.40. The van der Waals surface area contributed by atoms with Crippen molar-refractivity contribution in [3.8, 4) is 22.6 Å². The number of para-hydroxylation sites is 3. The van der Waals surface area contributed by atoms with Crippen LogP contribution < -0.4 is 5.32 Å². The van der Waals surface area contributed by atoms with E-state index >= 15 is 0 Å². The van der Waals surface area contributed by atoms with E-state index in [2.05, 4.69) is 35.7 Å². The minimum Gasteiger partial charge on any atom is -0.508 e. The Hall–Kier alpha value is -3.98. The highest BCUT2D eigenvalue weighted by Crippen LogP contribution is 2.45. The zero-order valence-corrected chi connectivity index (χ0v) is 17.0. The van der Waals surface area contributed by atoms with Crippen LogP contribution in [0.3, 0.4) is 0 Å². The summed E-state index contributed by atoms with van der Waals surface area (Å²) in [5.41, 5.74) is 5.01. The third-order valence-electron chi connectivity index (χ3n) is 5.90. The van der Waals surface area contributed by atoms with Gasteiger partial charge in [-0.3, -0.25) is 0 Å². The van der Waals surface area contributed by atoms with Gasteiger partial charge in [0.1, 0.15) is 11.5 Å². The third kappa shape index (κ3) is 3.44. The van der Waals surface area contributed by atoms with Crippen molar-refractivity contribution >= 4 is 11.8 Å². The van der Waals surface area contributed by atoms with Crippen LogP contribution in [0.5, 0.6) is 11.5 Å². The summed E-state index contributed by atoms with van der Waals surface area (Å²) in [5.74, 6) is 0.488. The maximum Gasteiger partial charge on any atom is 0.123 e. The van der Waals surface area contributed by atoms with E-state index < -0.39 is 5.54 Å². The van der Waals surface area contributed by atoms with E-state index in [4.69, 9.17) is 0 Å². The molecule has 0 bridgehead atoms. The van der Waals surface area contributed by atoms with Crippen molar-refractivity contribution < 1.29 is 10.2 Å². The second kappa shape index (κ2) is 7.69. The van der Waals surface area contributed by atoms with E-state index in [1.165, 1.54) is 0 Å². The minimum atomic E-state index is -0.639. The quantitative estimate of drug-likeness (QED) is 0.371. The van der Waals surface area contributed by atoms with Crippen molar-refractivity contribution in [2.75, 3.05) is 5.32 Å². The van der Waals surface area contributed by atoms with Gasteiger partial charge in [-0.15, -0.1) is 0 Å². The van der Waals surface area contributed by atoms with E-state index in [1.807, 2.05) is 66.7 Å². The van der Waals surface area contributed by atoms with Crippen molar-refractivity contribution in [2.24, 2.45) is 0 Å². The van der Waals surface area contributed by atoms with Crippen molar-refractivity contribution in [1.29, 1.82) is 0 Å². The van der Waals surface area contributed by atoms with E-state index in [-0.39, 0.29) is 11.5 Å². The summed E-state index contributed by atoms with van der Waals surface area (Å²) >= 11 is 0. The van der Waals surface area contributed by atoms with Gasteiger partial charge in [0.25, 0.3) is 0 Å². The molecule has 1 aliphatic heterocycles. The molecular weight excluding hydrogens is 382 g/mol. The molecule has 1 atom stereocenters. The molecule has 0 unspecified atom stereocenters. The molecule has 3 nitrogen and oxygen atoms in total. The molecule has 0 saturated carbocycles. The molecular formula is C28H23NO2. The maximum atomic E-state index is 10.8. The Morgan fingerprint density at radius 2 is 1.32 bits per heavy atom. The van der Waals surface area contributed by atoms with Gasteiger partial charge < -0.3 is 15.5 Å². The van der Waals surface area contributed by atoms with Crippen LogP contribution in [0.4, 0.5) is 5.69 Å². The van der Waals surface area contributed by atoms with Gasteiger partial charge in [0.2, 0.25) is 0 Å². The highest BCUT2D eigenvalue weighted by atomic mass is 16.3. The fourth-order valence-electron chi connectivity index (χ4n) is 4.40. The molecule has 1 aliphatic rings. The van der Waals surface area contributed by atoms with Crippen LogP contribution in [0, 0.1) is 0 Å². The van der Waals surface area contributed by atoms with Crippen LogP contribution in [-0.4, -0.2) is 10.2 Å². The van der Waals surface area contributed by atoms with Gasteiger partial charge >= 0.3 is 0 Å². The molecule has 0 spiro atoms. The summed E-state index contributed by atoms with van der Waals surface area (Å²) < 4.78 is 0. The van der Waals surface area contributed by atoms with Crippen LogP contribution in [-0.2, 0) is 12.0 Å². The summed E-state index contributed by atoms with van der Waals surface area (Å²) in [5, 5.41) is 25.0. The predicted octanol–water partition coefficient (Wildman–Crippen LogP) is 6.34. The molecule has 0 fully saturated rings. The first-order valence-corrected chi connectivity index (χ1v) is 10.4. The summed E-state index contributed by atoms with van der Waals surface area (Å²) in [6.07, 6.45) is 4.90. The van der Waals surface area contributed by atoms with E-state index in [9.17, 15) is 10.2 Å². The van der Waals surface area contributed by atoms with Gasteiger partial charge in [0, 0.05) is 23.1 Å². The van der Waals surface area contributed by atoms with Gasteiger partial charge in [0.15, 0.2) is 0 Å². The zero-order valence-electron chi connectivity index (χ0n) is 17.0. The lowest BCUT2D eigenvalue weighted by molar-refractivity contribution is 0.451. The summed E-state index contributed by atoms with van der Waals surface area (Å²) in [7, 11) is 0. The van der Waals surface area contributed by atoms with Gasteiger partial charge in [-0.2, -0.15) is 0 Å². The molecule has 0 aliphatic carbocycles. The Kier molecular flexibility index (Phi) is 4.72. The lowest BCUT2D eigenvalue weighted by Crippen LogP contribution is -2.38. The Bertz CT molecular complexity index is 1260. The molecule has 1 heterocycles. The number of aromatic hydroxyl groups is 2. The first kappa shape index (κ1) is 19.0. The van der Waals surface area contributed by atoms with E-state index in [0.717, 1.165) is 33.5 Å². The number of phenolic OH excluding ortho intramolecular Hbond substituents is 2. The molecule has 0 aromatic heterocycles. The lowest BCUT2D eigenvalue weighted by atomic mass is 9.79. The number of fused-ring (bicyclic) bond motifs is 1. The smallest absolute Gasteiger partial charge is 0.123 e. The second-order valence-corrected chi connectivity index (χ2v) is 7.90. The number of nitrogens with one attached hydrogen (secondary N) is 1. The number of anilines is 1. The van der Waals surface area contributed by atoms with Gasteiger partial charge in [-0.1, -0.05) is 97.1 Å².